The summed E-state index contributed by atoms with van der Waals surface area (Å²) in [6, 6.07) is 2.18. The summed E-state index contributed by atoms with van der Waals surface area (Å²) >= 11 is 0. The first-order chi connectivity index (χ1) is 16.9. The molecule has 13 heteroatoms. The third-order valence-corrected chi connectivity index (χ3v) is 5.53. The zero-order valence-electron chi connectivity index (χ0n) is 20.0. The van der Waals surface area contributed by atoms with Gasteiger partial charge in [0.05, 0.1) is 19.1 Å². The van der Waals surface area contributed by atoms with E-state index in [9.17, 15) is 24.0 Å². The molecule has 0 radical (unpaired) electrons. The van der Waals surface area contributed by atoms with E-state index in [-0.39, 0.29) is 6.42 Å². The molecule has 1 aromatic heterocycles. The van der Waals surface area contributed by atoms with Crippen LogP contribution in [-0.4, -0.2) is 75.6 Å². The molecule has 0 saturated heterocycles. The molecule has 0 aliphatic heterocycles. The van der Waals surface area contributed by atoms with Crippen LogP contribution in [0.2, 0.25) is 0 Å². The number of benzene rings is 1. The highest BCUT2D eigenvalue weighted by atomic mass is 16.4. The van der Waals surface area contributed by atoms with Gasteiger partial charge in [0.1, 0.15) is 18.1 Å². The predicted molar refractivity (Wildman–Crippen MR) is 129 cm³/mol. The topological polar surface area (TPSA) is 230 Å². The van der Waals surface area contributed by atoms with Crippen LogP contribution in [-0.2, 0) is 30.4 Å². The largest absolute Gasteiger partial charge is 0.480 e. The number of rotatable bonds is 13. The second-order valence-electron chi connectivity index (χ2n) is 8.71. The molecular formula is C23H32N6O7. The summed E-state index contributed by atoms with van der Waals surface area (Å²) in [4.78, 5) is 64.0. The number of hydrogen-bond acceptors (Lipinski definition) is 7. The summed E-state index contributed by atoms with van der Waals surface area (Å²) in [5.41, 5.74) is 13.0. The molecule has 10 N–H and O–H groups in total. The quantitative estimate of drug-likeness (QED) is 0.153. The molecule has 0 saturated carbocycles. The van der Waals surface area contributed by atoms with Gasteiger partial charge in [-0.15, -0.1) is 0 Å². The predicted octanol–water partition coefficient (Wildman–Crippen LogP) is -1.90. The number of H-pyrrole nitrogens is 1. The van der Waals surface area contributed by atoms with E-state index in [1.807, 2.05) is 24.3 Å². The van der Waals surface area contributed by atoms with Gasteiger partial charge >= 0.3 is 5.97 Å². The van der Waals surface area contributed by atoms with Crippen molar-refractivity contribution in [3.63, 3.8) is 0 Å². The summed E-state index contributed by atoms with van der Waals surface area (Å²) in [5.74, 6) is -5.29. The van der Waals surface area contributed by atoms with Crippen LogP contribution >= 0.6 is 0 Å². The van der Waals surface area contributed by atoms with Crippen LogP contribution in [0.15, 0.2) is 30.5 Å². The third-order valence-electron chi connectivity index (χ3n) is 5.53. The molecule has 0 bridgehead atoms. The highest BCUT2D eigenvalue weighted by Crippen LogP contribution is 2.18. The minimum absolute atomic E-state index is 0.148. The first kappa shape index (κ1) is 28.3. The third kappa shape index (κ3) is 7.52. The number of nitrogens with two attached hydrogens (primary N) is 2. The normalized spacial score (nSPS) is 14.5. The first-order valence-corrected chi connectivity index (χ1v) is 11.3. The molecule has 2 rings (SSSR count). The Morgan fingerprint density at radius 2 is 1.61 bits per heavy atom. The number of carboxylic acid groups (broad SMARTS) is 1. The number of aliphatic hydroxyl groups excluding tert-OH is 1. The number of amides is 4. The number of aliphatic hydroxyl groups is 1. The highest BCUT2D eigenvalue weighted by Gasteiger charge is 2.32. The molecule has 2 aromatic rings. The Kier molecular flexibility index (Phi) is 9.93. The summed E-state index contributed by atoms with van der Waals surface area (Å²) in [6.07, 6.45) is 1.32. The molecule has 13 nitrogen and oxygen atoms in total. The second kappa shape index (κ2) is 12.7. The van der Waals surface area contributed by atoms with Gasteiger partial charge in [-0.3, -0.25) is 19.2 Å². The molecule has 4 amide bonds. The van der Waals surface area contributed by atoms with Gasteiger partial charge in [-0.2, -0.15) is 0 Å². The van der Waals surface area contributed by atoms with Crippen molar-refractivity contribution in [2.75, 3.05) is 6.61 Å². The Hall–Kier alpha value is -3.97. The molecule has 4 unspecified atom stereocenters. The maximum absolute atomic E-state index is 12.9. The smallest absolute Gasteiger partial charge is 0.328 e. The van der Waals surface area contributed by atoms with Crippen molar-refractivity contribution in [3.05, 3.63) is 36.0 Å². The van der Waals surface area contributed by atoms with Gasteiger partial charge in [0, 0.05) is 17.1 Å². The van der Waals surface area contributed by atoms with E-state index in [4.69, 9.17) is 21.7 Å². The average molecular weight is 505 g/mol. The minimum Gasteiger partial charge on any atom is -0.480 e. The number of primary amides is 1. The van der Waals surface area contributed by atoms with Crippen molar-refractivity contribution in [2.45, 2.75) is 50.9 Å². The SMILES string of the molecule is CC(C)C(NC(=O)C(CC(N)=O)NC(=O)C(N)Cc1c[nH]c2ccccc12)C(=O)NC(CO)C(=O)O. The Morgan fingerprint density at radius 1 is 0.972 bits per heavy atom. The fraction of sp³-hybridized carbons (Fsp3) is 0.435. The number of para-hydroxylation sites is 1. The van der Waals surface area contributed by atoms with Gasteiger partial charge < -0.3 is 42.6 Å². The lowest BCUT2D eigenvalue weighted by Gasteiger charge is -2.26. The van der Waals surface area contributed by atoms with Crippen LogP contribution in [0.5, 0.6) is 0 Å². The number of carbonyl (C=O) groups is 5. The Morgan fingerprint density at radius 3 is 2.19 bits per heavy atom. The number of nitrogens with one attached hydrogen (secondary N) is 4. The van der Waals surface area contributed by atoms with Crippen molar-refractivity contribution in [1.29, 1.82) is 0 Å². The molecule has 4 atom stereocenters. The maximum Gasteiger partial charge on any atom is 0.328 e. The van der Waals surface area contributed by atoms with Gasteiger partial charge in [-0.05, 0) is 24.0 Å². The van der Waals surface area contributed by atoms with Gasteiger partial charge in [0.25, 0.3) is 0 Å². The molecule has 0 fully saturated rings. The molecule has 1 heterocycles. The van der Waals surface area contributed by atoms with Crippen molar-refractivity contribution in [1.82, 2.24) is 20.9 Å². The second-order valence-corrected chi connectivity index (χ2v) is 8.71. The lowest BCUT2D eigenvalue weighted by molar-refractivity contribution is -0.143. The van der Waals surface area contributed by atoms with E-state index >= 15 is 0 Å². The van der Waals surface area contributed by atoms with Crippen LogP contribution in [0.25, 0.3) is 10.9 Å². The summed E-state index contributed by atoms with van der Waals surface area (Å²) in [5, 5.41) is 26.0. The molecule has 196 valence electrons. The van der Waals surface area contributed by atoms with Crippen LogP contribution in [0.3, 0.4) is 0 Å². The first-order valence-electron chi connectivity index (χ1n) is 11.3. The van der Waals surface area contributed by atoms with Gasteiger partial charge in [-0.25, -0.2) is 4.79 Å². The van der Waals surface area contributed by atoms with E-state index in [1.165, 1.54) is 0 Å². The fourth-order valence-electron chi connectivity index (χ4n) is 3.56. The molecule has 1 aromatic carbocycles. The van der Waals surface area contributed by atoms with Crippen molar-refractivity contribution < 1.29 is 34.2 Å². The summed E-state index contributed by atoms with van der Waals surface area (Å²) in [7, 11) is 0. The number of aliphatic carboxylic acids is 1. The standard InChI is InChI=1S/C23H32N6O7/c1-11(2)19(22(34)28-17(10-30)23(35)36)29-21(33)16(8-18(25)31)27-20(32)14(24)7-12-9-26-15-6-4-3-5-13(12)15/h3-6,9,11,14,16-17,19,26,30H,7-8,10,24H2,1-2H3,(H2,25,31)(H,27,32)(H,28,34)(H,29,33)(H,35,36). The molecule has 0 aliphatic rings. The summed E-state index contributed by atoms with van der Waals surface area (Å²) in [6.45, 7) is 2.34. The lowest BCUT2D eigenvalue weighted by Crippen LogP contribution is -2.59. The van der Waals surface area contributed by atoms with E-state index in [0.29, 0.717) is 0 Å². The fourth-order valence-corrected chi connectivity index (χ4v) is 3.56. The zero-order chi connectivity index (χ0) is 27.0. The van der Waals surface area contributed by atoms with Gasteiger partial charge in [-0.1, -0.05) is 32.0 Å². The Bertz CT molecular complexity index is 1120. The average Bonchev–Trinajstić information content (AvgIpc) is 3.22. The van der Waals surface area contributed by atoms with Crippen LogP contribution in [0.4, 0.5) is 0 Å². The van der Waals surface area contributed by atoms with Crippen LogP contribution < -0.4 is 27.4 Å². The number of hydrogen-bond donors (Lipinski definition) is 8. The lowest BCUT2D eigenvalue weighted by atomic mass is 10.0. The van der Waals surface area contributed by atoms with E-state index in [2.05, 4.69) is 20.9 Å². The van der Waals surface area contributed by atoms with E-state index in [1.54, 1.807) is 20.0 Å². The number of fused-ring (bicyclic) bond motifs is 1. The Balaban J connectivity index is 2.11. The van der Waals surface area contributed by atoms with Crippen LogP contribution in [0, 0.1) is 5.92 Å². The summed E-state index contributed by atoms with van der Waals surface area (Å²) < 4.78 is 0. The molecule has 36 heavy (non-hydrogen) atoms. The zero-order valence-corrected chi connectivity index (χ0v) is 20.0. The van der Waals surface area contributed by atoms with Crippen molar-refractivity contribution in [3.8, 4) is 0 Å². The number of aromatic amines is 1. The van der Waals surface area contributed by atoms with E-state index in [0.717, 1.165) is 16.5 Å². The van der Waals surface area contributed by atoms with Crippen molar-refractivity contribution in [2.24, 2.45) is 17.4 Å². The minimum atomic E-state index is -1.57. The monoisotopic (exact) mass is 504 g/mol. The van der Waals surface area contributed by atoms with Crippen LogP contribution in [0.1, 0.15) is 25.8 Å². The van der Waals surface area contributed by atoms with E-state index < -0.39 is 72.7 Å². The number of carboxylic acids is 1. The van der Waals surface area contributed by atoms with Gasteiger partial charge in [0.15, 0.2) is 0 Å². The van der Waals surface area contributed by atoms with Crippen molar-refractivity contribution >= 4 is 40.5 Å². The molecular weight excluding hydrogens is 472 g/mol. The molecule has 0 aliphatic carbocycles. The molecule has 0 spiro atoms. The maximum atomic E-state index is 12.9. The Labute approximate surface area is 207 Å². The van der Waals surface area contributed by atoms with Gasteiger partial charge in [0.2, 0.25) is 23.6 Å². The highest BCUT2D eigenvalue weighted by molar-refractivity contribution is 5.96. The number of carbonyl (C=O) groups excluding carboxylic acids is 4. The number of aromatic nitrogens is 1.